The lowest BCUT2D eigenvalue weighted by molar-refractivity contribution is 0.192. The van der Waals surface area contributed by atoms with Crippen LogP contribution in [0, 0.1) is 5.82 Å². The molecule has 7 heteroatoms. The van der Waals surface area contributed by atoms with Crippen molar-refractivity contribution in [1.29, 1.82) is 0 Å². The van der Waals surface area contributed by atoms with Gasteiger partial charge in [-0.1, -0.05) is 0 Å². The maximum Gasteiger partial charge on any atom is 0.240 e. The number of halogens is 1. The van der Waals surface area contributed by atoms with Crippen molar-refractivity contribution in [2.75, 3.05) is 13.2 Å². The first kappa shape index (κ1) is 13.4. The topological polar surface area (TPSA) is 81.4 Å². The van der Waals surface area contributed by atoms with Crippen molar-refractivity contribution in [3.8, 4) is 0 Å². The SMILES string of the molecule is NCc1cc(S(=O)(=O)NC2CCOC2)ccc1F. The predicted octanol–water partition coefficient (Wildman–Crippen LogP) is 0.352. The van der Waals surface area contributed by atoms with Crippen LogP contribution in [0.5, 0.6) is 0 Å². The summed E-state index contributed by atoms with van der Waals surface area (Å²) in [6.07, 6.45) is 0.643. The summed E-state index contributed by atoms with van der Waals surface area (Å²) in [5, 5.41) is 0. The third-order valence-corrected chi connectivity index (χ3v) is 4.32. The zero-order chi connectivity index (χ0) is 13.2. The Kier molecular flexibility index (Phi) is 3.96. The Morgan fingerprint density at radius 3 is 2.89 bits per heavy atom. The van der Waals surface area contributed by atoms with Gasteiger partial charge in [-0.3, -0.25) is 0 Å². The van der Waals surface area contributed by atoms with Gasteiger partial charge >= 0.3 is 0 Å². The van der Waals surface area contributed by atoms with E-state index in [1.165, 1.54) is 12.1 Å². The average molecular weight is 274 g/mol. The van der Waals surface area contributed by atoms with Crippen molar-refractivity contribution < 1.29 is 17.5 Å². The molecule has 1 aromatic carbocycles. The molecule has 0 aromatic heterocycles. The highest BCUT2D eigenvalue weighted by molar-refractivity contribution is 7.89. The molecule has 1 unspecified atom stereocenters. The molecule has 1 fully saturated rings. The maximum absolute atomic E-state index is 13.2. The highest BCUT2D eigenvalue weighted by Crippen LogP contribution is 2.16. The van der Waals surface area contributed by atoms with E-state index < -0.39 is 15.8 Å². The number of ether oxygens (including phenoxy) is 1. The number of benzene rings is 1. The van der Waals surface area contributed by atoms with E-state index in [1.54, 1.807) is 0 Å². The van der Waals surface area contributed by atoms with Gasteiger partial charge in [0.1, 0.15) is 5.82 Å². The van der Waals surface area contributed by atoms with Crippen LogP contribution in [0.4, 0.5) is 4.39 Å². The molecule has 3 N–H and O–H groups in total. The number of hydrogen-bond donors (Lipinski definition) is 2. The Balaban J connectivity index is 2.23. The minimum atomic E-state index is -3.65. The first-order chi connectivity index (χ1) is 8.53. The molecule has 1 heterocycles. The molecule has 1 saturated heterocycles. The summed E-state index contributed by atoms with van der Waals surface area (Å²) in [6.45, 7) is 0.872. The first-order valence-corrected chi connectivity index (χ1v) is 7.10. The molecule has 2 rings (SSSR count). The van der Waals surface area contributed by atoms with E-state index in [0.29, 0.717) is 19.6 Å². The third-order valence-electron chi connectivity index (χ3n) is 2.80. The molecule has 1 aliphatic heterocycles. The van der Waals surface area contributed by atoms with Crippen LogP contribution in [0.2, 0.25) is 0 Å². The van der Waals surface area contributed by atoms with E-state index >= 15 is 0 Å². The van der Waals surface area contributed by atoms with Crippen molar-refractivity contribution in [3.05, 3.63) is 29.6 Å². The van der Waals surface area contributed by atoms with Crippen LogP contribution >= 0.6 is 0 Å². The third kappa shape index (κ3) is 2.86. The summed E-state index contributed by atoms with van der Waals surface area (Å²) < 4.78 is 44.9. The summed E-state index contributed by atoms with van der Waals surface area (Å²) in [6, 6.07) is 3.38. The molecule has 100 valence electrons. The Morgan fingerprint density at radius 1 is 1.50 bits per heavy atom. The van der Waals surface area contributed by atoms with Crippen molar-refractivity contribution >= 4 is 10.0 Å². The van der Waals surface area contributed by atoms with E-state index in [-0.39, 0.29) is 23.0 Å². The van der Waals surface area contributed by atoms with E-state index in [2.05, 4.69) is 4.72 Å². The Hall–Kier alpha value is -1.02. The number of rotatable bonds is 4. The monoisotopic (exact) mass is 274 g/mol. The normalized spacial score (nSPS) is 20.2. The van der Waals surface area contributed by atoms with Crippen LogP contribution in [-0.4, -0.2) is 27.7 Å². The number of sulfonamides is 1. The summed E-state index contributed by atoms with van der Waals surface area (Å²) in [7, 11) is -3.65. The minimum absolute atomic E-state index is 0.0243. The van der Waals surface area contributed by atoms with Gasteiger partial charge in [0.15, 0.2) is 0 Å². The fourth-order valence-corrected chi connectivity index (χ4v) is 3.10. The molecular formula is C11H15FN2O3S. The number of nitrogens with one attached hydrogen (secondary N) is 1. The van der Waals surface area contributed by atoms with Crippen molar-refractivity contribution in [3.63, 3.8) is 0 Å². The second-order valence-electron chi connectivity index (χ2n) is 4.14. The van der Waals surface area contributed by atoms with Crippen LogP contribution in [-0.2, 0) is 21.3 Å². The zero-order valence-electron chi connectivity index (χ0n) is 9.73. The standard InChI is InChI=1S/C11H15FN2O3S/c12-11-2-1-10(5-8(11)6-13)18(15,16)14-9-3-4-17-7-9/h1-2,5,9,14H,3-4,6-7,13H2. The van der Waals surface area contributed by atoms with Crippen LogP contribution in [0.25, 0.3) is 0 Å². The van der Waals surface area contributed by atoms with Gasteiger partial charge in [-0.05, 0) is 24.6 Å². The lowest BCUT2D eigenvalue weighted by Crippen LogP contribution is -2.35. The number of nitrogens with two attached hydrogens (primary N) is 1. The van der Waals surface area contributed by atoms with Crippen LogP contribution < -0.4 is 10.5 Å². The summed E-state index contributed by atoms with van der Waals surface area (Å²) in [4.78, 5) is 0.0243. The Labute approximate surface area is 105 Å². The zero-order valence-corrected chi connectivity index (χ0v) is 10.5. The molecule has 0 radical (unpaired) electrons. The van der Waals surface area contributed by atoms with Gasteiger partial charge in [0.25, 0.3) is 0 Å². The molecule has 0 spiro atoms. The van der Waals surface area contributed by atoms with E-state index in [4.69, 9.17) is 10.5 Å². The maximum atomic E-state index is 13.2. The van der Waals surface area contributed by atoms with Crippen LogP contribution in [0.3, 0.4) is 0 Å². The number of hydrogen-bond acceptors (Lipinski definition) is 4. The smallest absolute Gasteiger partial charge is 0.240 e. The van der Waals surface area contributed by atoms with Crippen LogP contribution in [0.1, 0.15) is 12.0 Å². The van der Waals surface area contributed by atoms with Crippen molar-refractivity contribution in [1.82, 2.24) is 4.72 Å². The van der Waals surface area contributed by atoms with E-state index in [9.17, 15) is 12.8 Å². The summed E-state index contributed by atoms with van der Waals surface area (Å²) in [5.41, 5.74) is 5.53. The fourth-order valence-electron chi connectivity index (χ4n) is 1.79. The molecule has 5 nitrogen and oxygen atoms in total. The molecule has 0 bridgehead atoms. The highest BCUT2D eigenvalue weighted by Gasteiger charge is 2.23. The predicted molar refractivity (Wildman–Crippen MR) is 63.8 cm³/mol. The molecule has 1 aromatic rings. The van der Waals surface area contributed by atoms with Gasteiger partial charge in [-0.15, -0.1) is 0 Å². The molecule has 1 atom stereocenters. The van der Waals surface area contributed by atoms with Gasteiger partial charge in [0, 0.05) is 24.8 Å². The molecular weight excluding hydrogens is 259 g/mol. The van der Waals surface area contributed by atoms with Gasteiger partial charge in [0.2, 0.25) is 10.0 Å². The Bertz CT molecular complexity index is 527. The molecule has 0 aliphatic carbocycles. The second-order valence-corrected chi connectivity index (χ2v) is 5.85. The molecule has 18 heavy (non-hydrogen) atoms. The van der Waals surface area contributed by atoms with E-state index in [1.807, 2.05) is 0 Å². The molecule has 0 saturated carbocycles. The van der Waals surface area contributed by atoms with Crippen molar-refractivity contribution in [2.24, 2.45) is 5.73 Å². The second kappa shape index (κ2) is 5.31. The van der Waals surface area contributed by atoms with E-state index in [0.717, 1.165) is 6.07 Å². The van der Waals surface area contributed by atoms with Gasteiger partial charge < -0.3 is 10.5 Å². The lowest BCUT2D eigenvalue weighted by Gasteiger charge is -2.12. The molecule has 0 amide bonds. The minimum Gasteiger partial charge on any atom is -0.380 e. The first-order valence-electron chi connectivity index (χ1n) is 5.61. The fraction of sp³-hybridized carbons (Fsp3) is 0.455. The van der Waals surface area contributed by atoms with Gasteiger partial charge in [-0.2, -0.15) is 0 Å². The lowest BCUT2D eigenvalue weighted by atomic mass is 10.2. The highest BCUT2D eigenvalue weighted by atomic mass is 32.2. The average Bonchev–Trinajstić information content (AvgIpc) is 2.81. The Morgan fingerprint density at radius 2 is 2.28 bits per heavy atom. The van der Waals surface area contributed by atoms with Crippen molar-refractivity contribution in [2.45, 2.75) is 23.9 Å². The quantitative estimate of drug-likeness (QED) is 0.830. The van der Waals surface area contributed by atoms with Gasteiger partial charge in [-0.25, -0.2) is 17.5 Å². The van der Waals surface area contributed by atoms with Gasteiger partial charge in [0.05, 0.1) is 11.5 Å². The van der Waals surface area contributed by atoms with Crippen LogP contribution in [0.15, 0.2) is 23.1 Å². The molecule has 1 aliphatic rings. The summed E-state index contributed by atoms with van der Waals surface area (Å²) >= 11 is 0. The summed E-state index contributed by atoms with van der Waals surface area (Å²) in [5.74, 6) is -0.499. The largest absolute Gasteiger partial charge is 0.380 e.